The van der Waals surface area contributed by atoms with E-state index in [4.69, 9.17) is 14.7 Å². The average Bonchev–Trinajstić information content (AvgIpc) is 4.03. The molecular weight excluding hydrogens is 711 g/mol. The lowest BCUT2D eigenvalue weighted by Gasteiger charge is -2.33. The van der Waals surface area contributed by atoms with E-state index < -0.39 is 30.3 Å². The average molecular weight is 762 g/mol. The minimum atomic E-state index is -1.12. The first-order valence-electron chi connectivity index (χ1n) is 20.3. The second-order valence-corrected chi connectivity index (χ2v) is 16.8. The summed E-state index contributed by atoms with van der Waals surface area (Å²) in [5.74, 6) is 1.53. The third-order valence-corrected chi connectivity index (χ3v) is 13.6. The molecule has 13 heteroatoms. The van der Waals surface area contributed by atoms with Crippen molar-refractivity contribution in [3.63, 3.8) is 0 Å². The van der Waals surface area contributed by atoms with Crippen molar-refractivity contribution in [2.24, 2.45) is 17.8 Å². The molecule has 2 aromatic carbocycles. The molecule has 2 saturated carbocycles. The molecule has 294 valence electrons. The maximum Gasteiger partial charge on any atom is 0.407 e. The van der Waals surface area contributed by atoms with Crippen LogP contribution in [0.2, 0.25) is 0 Å². The number of aliphatic hydroxyl groups excluding tert-OH is 2. The highest BCUT2D eigenvalue weighted by molar-refractivity contribution is 6.04. The fourth-order valence-corrected chi connectivity index (χ4v) is 10.5. The molecule has 4 heterocycles. The molecular formula is C43H51N7O6. The number of aliphatic hydroxyl groups is 2. The van der Waals surface area contributed by atoms with E-state index in [0.717, 1.165) is 85.3 Å². The Morgan fingerprint density at radius 1 is 0.732 bits per heavy atom. The normalized spacial score (nSPS) is 26.8. The van der Waals surface area contributed by atoms with Crippen molar-refractivity contribution in [3.05, 3.63) is 60.4 Å². The quantitative estimate of drug-likeness (QED) is 0.119. The minimum absolute atomic E-state index is 0.00880. The number of H-pyrrole nitrogens is 2. The summed E-state index contributed by atoms with van der Waals surface area (Å²) >= 11 is 0. The van der Waals surface area contributed by atoms with Crippen LogP contribution in [-0.4, -0.2) is 95.3 Å². The lowest BCUT2D eigenvalue weighted by molar-refractivity contribution is -0.142. The topological polar surface area (TPSA) is 177 Å². The molecule has 2 saturated heterocycles. The molecule has 4 fully saturated rings. The first-order chi connectivity index (χ1) is 27.0. The highest BCUT2D eigenvalue weighted by Gasteiger charge is 2.50. The first kappa shape index (κ1) is 36.6. The zero-order valence-electron chi connectivity index (χ0n) is 32.4. The highest BCUT2D eigenvalue weighted by atomic mass is 16.5. The molecule has 4 aromatic rings. The number of likely N-dealkylation sites (tertiary alicyclic amines) is 2. The summed E-state index contributed by atoms with van der Waals surface area (Å²) in [6, 6.07) is 11.6. The number of nitrogens with one attached hydrogen (secondary N) is 3. The van der Waals surface area contributed by atoms with Crippen LogP contribution in [0.4, 0.5) is 4.79 Å². The number of benzene rings is 2. The van der Waals surface area contributed by atoms with Gasteiger partial charge in [-0.1, -0.05) is 44.0 Å². The van der Waals surface area contributed by atoms with Gasteiger partial charge in [0.15, 0.2) is 0 Å². The summed E-state index contributed by atoms with van der Waals surface area (Å²) in [6.07, 6.45) is 8.99. The zero-order chi connectivity index (χ0) is 39.0. The standard InChI is InChI=1S/C43H51N7O6/c1-21(22(2)51)41(53)49-34-9-5-7-26(34)17-36(49)39-44-19-32(46-39)24-11-13-28-30(15-24)29-14-12-25(16-31(28)29)33-20-45-40(47-33)37-18-27-8-6-10-35(27)50(37)42(54)38(23(3)52)48-43(55)56-4/h11-16,19-23,26-27,34-38,51-52H,5-10,17-18H2,1-4H3,(H,44,46)(H,45,47)(H,48,55)/t21-,22+,23+,26-,27-,34-,35-,36-,37-,38-/m0/s1. The van der Waals surface area contributed by atoms with Crippen LogP contribution in [0, 0.1) is 17.8 Å². The van der Waals surface area contributed by atoms with Gasteiger partial charge >= 0.3 is 6.09 Å². The molecule has 5 N–H and O–H groups in total. The van der Waals surface area contributed by atoms with Crippen molar-refractivity contribution >= 4 is 17.9 Å². The van der Waals surface area contributed by atoms with Gasteiger partial charge in [0, 0.05) is 23.2 Å². The zero-order valence-corrected chi connectivity index (χ0v) is 32.4. The highest BCUT2D eigenvalue weighted by Crippen LogP contribution is 2.51. The van der Waals surface area contributed by atoms with Gasteiger partial charge in [-0.3, -0.25) is 9.59 Å². The molecule has 10 atom stereocenters. The molecule has 5 aliphatic rings. The van der Waals surface area contributed by atoms with Crippen molar-refractivity contribution in [2.75, 3.05) is 7.11 Å². The molecule has 0 unspecified atom stereocenters. The smallest absolute Gasteiger partial charge is 0.407 e. The Morgan fingerprint density at radius 2 is 1.23 bits per heavy atom. The second-order valence-electron chi connectivity index (χ2n) is 16.8. The number of ether oxygens (including phenoxy) is 1. The van der Waals surface area contributed by atoms with Crippen LogP contribution in [0.25, 0.3) is 44.8 Å². The largest absolute Gasteiger partial charge is 0.453 e. The van der Waals surface area contributed by atoms with Crippen molar-refractivity contribution in [3.8, 4) is 44.8 Å². The Morgan fingerprint density at radius 3 is 1.70 bits per heavy atom. The fourth-order valence-electron chi connectivity index (χ4n) is 10.5. The number of imidazole rings is 2. The molecule has 0 radical (unpaired) electrons. The fraction of sp³-hybridized carbons (Fsp3) is 0.512. The van der Waals surface area contributed by atoms with Crippen LogP contribution in [0.15, 0.2) is 48.8 Å². The van der Waals surface area contributed by atoms with Gasteiger partial charge in [-0.15, -0.1) is 0 Å². The summed E-state index contributed by atoms with van der Waals surface area (Å²) < 4.78 is 4.74. The predicted octanol–water partition coefficient (Wildman–Crippen LogP) is 6.12. The van der Waals surface area contributed by atoms with Gasteiger partial charge < -0.3 is 40.0 Å². The summed E-state index contributed by atoms with van der Waals surface area (Å²) in [5.41, 5.74) is 8.45. The number of alkyl carbamates (subject to hydrolysis) is 1. The van der Waals surface area contributed by atoms with Crippen LogP contribution < -0.4 is 5.32 Å². The van der Waals surface area contributed by atoms with Crippen LogP contribution in [0.1, 0.15) is 95.9 Å². The van der Waals surface area contributed by atoms with Crippen LogP contribution in [0.5, 0.6) is 0 Å². The predicted molar refractivity (Wildman–Crippen MR) is 209 cm³/mol. The van der Waals surface area contributed by atoms with Gasteiger partial charge in [-0.2, -0.15) is 0 Å². The maximum atomic E-state index is 14.0. The summed E-state index contributed by atoms with van der Waals surface area (Å²) in [7, 11) is 1.24. The maximum absolute atomic E-state index is 14.0. The Kier molecular flexibility index (Phi) is 9.27. The first-order valence-corrected chi connectivity index (χ1v) is 20.3. The van der Waals surface area contributed by atoms with E-state index >= 15 is 0 Å². The van der Waals surface area contributed by atoms with E-state index in [1.165, 1.54) is 30.7 Å². The minimum Gasteiger partial charge on any atom is -0.453 e. The molecule has 3 amide bonds. The number of aromatic amines is 2. The number of carbonyl (C=O) groups is 3. The molecule has 9 rings (SSSR count). The van der Waals surface area contributed by atoms with E-state index in [1.807, 2.05) is 29.1 Å². The number of aromatic nitrogens is 4. The van der Waals surface area contributed by atoms with Crippen LogP contribution >= 0.6 is 0 Å². The number of fused-ring (bicyclic) bond motifs is 6. The Balaban J connectivity index is 0.930. The number of hydrogen-bond acceptors (Lipinski definition) is 8. The van der Waals surface area contributed by atoms with E-state index in [-0.39, 0.29) is 36.0 Å². The monoisotopic (exact) mass is 761 g/mol. The van der Waals surface area contributed by atoms with E-state index in [2.05, 4.69) is 51.7 Å². The van der Waals surface area contributed by atoms with Crippen molar-refractivity contribution in [1.29, 1.82) is 0 Å². The Bertz CT molecular complexity index is 2180. The Labute approximate surface area is 326 Å². The van der Waals surface area contributed by atoms with E-state index in [9.17, 15) is 24.6 Å². The van der Waals surface area contributed by atoms with Gasteiger partial charge in [-0.25, -0.2) is 14.8 Å². The van der Waals surface area contributed by atoms with Gasteiger partial charge in [0.1, 0.15) is 17.7 Å². The number of carbonyl (C=O) groups excluding carboxylic acids is 3. The Hall–Kier alpha value is -5.01. The number of nitrogens with zero attached hydrogens (tertiary/aromatic N) is 4. The van der Waals surface area contributed by atoms with Gasteiger partial charge in [0.2, 0.25) is 11.8 Å². The third kappa shape index (κ3) is 6.01. The summed E-state index contributed by atoms with van der Waals surface area (Å²) in [5, 5.41) is 23.3. The number of hydrogen-bond donors (Lipinski definition) is 5. The number of rotatable bonds is 9. The van der Waals surface area contributed by atoms with Gasteiger partial charge in [-0.05, 0) is 98.6 Å². The van der Waals surface area contributed by atoms with Gasteiger partial charge in [0.25, 0.3) is 0 Å². The van der Waals surface area contributed by atoms with Crippen molar-refractivity contribution in [1.82, 2.24) is 35.1 Å². The lowest BCUT2D eigenvalue weighted by atomic mass is 9.78. The summed E-state index contributed by atoms with van der Waals surface area (Å²) in [6.45, 7) is 5.00. The molecule has 2 aromatic heterocycles. The summed E-state index contributed by atoms with van der Waals surface area (Å²) in [4.78, 5) is 60.2. The van der Waals surface area contributed by atoms with Crippen LogP contribution in [0.3, 0.4) is 0 Å². The third-order valence-electron chi connectivity index (χ3n) is 13.6. The molecule has 0 bridgehead atoms. The van der Waals surface area contributed by atoms with Gasteiger partial charge in [0.05, 0.1) is 61.1 Å². The molecule has 13 nitrogen and oxygen atoms in total. The van der Waals surface area contributed by atoms with Crippen molar-refractivity contribution < 1.29 is 29.3 Å². The number of methoxy groups -OCH3 is 1. The number of amides is 3. The molecule has 2 aliphatic heterocycles. The molecule has 56 heavy (non-hydrogen) atoms. The molecule has 3 aliphatic carbocycles. The molecule has 0 spiro atoms. The SMILES string of the molecule is COC(=O)N[C@H](C(=O)N1[C@H](c2ncc(-c3ccc4c(c3)-c3ccc(-c5cnc([C@@H]6C[C@@H]7CCC[C@@H]7N6C(=O)[C@@H](C)[C@@H](C)O)[nH]5)cc3-4)[nH]2)C[C@@H]2CCC[C@@H]21)[C@@H](C)O. The van der Waals surface area contributed by atoms with E-state index in [0.29, 0.717) is 17.7 Å². The van der Waals surface area contributed by atoms with Crippen molar-refractivity contribution in [2.45, 2.75) is 115 Å². The van der Waals surface area contributed by atoms with E-state index in [1.54, 1.807) is 6.92 Å². The van der Waals surface area contributed by atoms with Crippen LogP contribution in [-0.2, 0) is 14.3 Å². The lowest BCUT2D eigenvalue weighted by Crippen LogP contribution is -2.55. The second kappa shape index (κ2) is 14.2.